The van der Waals surface area contributed by atoms with E-state index in [2.05, 4.69) is 0 Å². The van der Waals surface area contributed by atoms with Gasteiger partial charge in [0.1, 0.15) is 11.3 Å². The van der Waals surface area contributed by atoms with Crippen LogP contribution < -0.4 is 5.63 Å². The fourth-order valence-corrected chi connectivity index (χ4v) is 2.75. The van der Waals surface area contributed by atoms with Gasteiger partial charge in [-0.2, -0.15) is 0 Å². The van der Waals surface area contributed by atoms with Crippen molar-refractivity contribution in [2.24, 2.45) is 0 Å². The predicted molar refractivity (Wildman–Crippen MR) is 89.1 cm³/mol. The Balaban J connectivity index is 2.16. The molecule has 1 unspecified atom stereocenters. The molecule has 0 aliphatic carbocycles. The molecule has 122 valence electrons. The van der Waals surface area contributed by atoms with Gasteiger partial charge in [0.2, 0.25) is 0 Å². The van der Waals surface area contributed by atoms with Gasteiger partial charge in [0.15, 0.2) is 0 Å². The minimum absolute atomic E-state index is 0.0793. The van der Waals surface area contributed by atoms with E-state index in [1.165, 1.54) is 7.11 Å². The van der Waals surface area contributed by atoms with E-state index in [0.29, 0.717) is 5.39 Å². The maximum absolute atomic E-state index is 12.4. The van der Waals surface area contributed by atoms with Crippen LogP contribution in [0.1, 0.15) is 17.0 Å². The second kappa shape index (κ2) is 6.58. The molecule has 3 rings (SSSR count). The number of carbonyl (C=O) groups is 1. The Kier molecular flexibility index (Phi) is 4.33. The molecule has 1 aromatic heterocycles. The molecular formula is C19H16O5. The Morgan fingerprint density at radius 2 is 1.79 bits per heavy atom. The third kappa shape index (κ3) is 2.88. The lowest BCUT2D eigenvalue weighted by Gasteiger charge is -2.16. The predicted octanol–water partition coefficient (Wildman–Crippen LogP) is 3.00. The fraction of sp³-hybridized carbons (Fsp3) is 0.158. The number of para-hydroxylation sites is 1. The molecule has 0 spiro atoms. The quantitative estimate of drug-likeness (QED) is 0.590. The number of carbonyl (C=O) groups excluding carboxylic acids is 1. The van der Waals surface area contributed by atoms with Crippen LogP contribution in [-0.4, -0.2) is 18.2 Å². The highest BCUT2D eigenvalue weighted by molar-refractivity contribution is 5.87. The maximum atomic E-state index is 12.4. The second-order valence-corrected chi connectivity index (χ2v) is 5.41. The van der Waals surface area contributed by atoms with Gasteiger partial charge in [0, 0.05) is 0 Å². The van der Waals surface area contributed by atoms with Gasteiger partial charge in [-0.15, -0.1) is 0 Å². The van der Waals surface area contributed by atoms with Crippen molar-refractivity contribution in [3.05, 3.63) is 76.1 Å². The molecule has 1 heterocycles. The van der Waals surface area contributed by atoms with Crippen LogP contribution in [0.5, 0.6) is 5.75 Å². The standard InChI is InChI=1S/C19H16O5/c1-23-18(21)14(11-12-7-3-2-4-8-12)16-17(20)13-9-5-6-10-15(13)24-19(16)22/h2-10,14,20H,11H2,1H3. The van der Waals surface area contributed by atoms with Crippen molar-refractivity contribution in [1.82, 2.24) is 0 Å². The monoisotopic (exact) mass is 324 g/mol. The van der Waals surface area contributed by atoms with E-state index >= 15 is 0 Å². The largest absolute Gasteiger partial charge is 0.507 e. The molecule has 0 saturated carbocycles. The average Bonchev–Trinajstić information content (AvgIpc) is 2.61. The van der Waals surface area contributed by atoms with Crippen molar-refractivity contribution in [1.29, 1.82) is 0 Å². The fourth-order valence-electron chi connectivity index (χ4n) is 2.75. The maximum Gasteiger partial charge on any atom is 0.344 e. The number of fused-ring (bicyclic) bond motifs is 1. The molecule has 1 atom stereocenters. The van der Waals surface area contributed by atoms with Crippen LogP contribution in [0.2, 0.25) is 0 Å². The summed E-state index contributed by atoms with van der Waals surface area (Å²) in [6.45, 7) is 0. The molecule has 2 aromatic carbocycles. The van der Waals surface area contributed by atoms with Crippen LogP contribution in [0.4, 0.5) is 0 Å². The van der Waals surface area contributed by atoms with Gasteiger partial charge < -0.3 is 14.3 Å². The molecule has 0 fully saturated rings. The molecule has 0 radical (unpaired) electrons. The Morgan fingerprint density at radius 1 is 1.12 bits per heavy atom. The summed E-state index contributed by atoms with van der Waals surface area (Å²) in [7, 11) is 1.25. The summed E-state index contributed by atoms with van der Waals surface area (Å²) >= 11 is 0. The Hall–Kier alpha value is -3.08. The normalized spacial score (nSPS) is 12.0. The molecule has 24 heavy (non-hydrogen) atoms. The van der Waals surface area contributed by atoms with Gasteiger partial charge >= 0.3 is 11.6 Å². The minimum Gasteiger partial charge on any atom is -0.507 e. The molecule has 5 nitrogen and oxygen atoms in total. The van der Waals surface area contributed by atoms with Gasteiger partial charge in [-0.1, -0.05) is 42.5 Å². The van der Waals surface area contributed by atoms with Crippen LogP contribution >= 0.6 is 0 Å². The van der Waals surface area contributed by atoms with Crippen LogP contribution in [0, 0.1) is 0 Å². The summed E-state index contributed by atoms with van der Waals surface area (Å²) in [6.07, 6.45) is 0.226. The molecule has 0 amide bonds. The van der Waals surface area contributed by atoms with Crippen molar-refractivity contribution in [2.75, 3.05) is 7.11 Å². The number of hydrogen-bond donors (Lipinski definition) is 1. The summed E-state index contributed by atoms with van der Waals surface area (Å²) in [5.74, 6) is -1.79. The molecule has 0 bridgehead atoms. The Bertz CT molecular complexity index is 927. The number of aromatic hydroxyl groups is 1. The summed E-state index contributed by atoms with van der Waals surface area (Å²) < 4.78 is 10.1. The zero-order chi connectivity index (χ0) is 17.1. The molecule has 0 aliphatic rings. The smallest absolute Gasteiger partial charge is 0.344 e. The first-order valence-electron chi connectivity index (χ1n) is 7.48. The van der Waals surface area contributed by atoms with Crippen LogP contribution in [0.3, 0.4) is 0 Å². The van der Waals surface area contributed by atoms with E-state index in [1.807, 2.05) is 30.3 Å². The molecule has 0 saturated heterocycles. The number of methoxy groups -OCH3 is 1. The van der Waals surface area contributed by atoms with Gasteiger partial charge in [0.25, 0.3) is 0 Å². The van der Waals surface area contributed by atoms with E-state index in [4.69, 9.17) is 9.15 Å². The van der Waals surface area contributed by atoms with Gasteiger partial charge in [0.05, 0.1) is 24.0 Å². The number of rotatable bonds is 4. The van der Waals surface area contributed by atoms with Crippen molar-refractivity contribution in [3.63, 3.8) is 0 Å². The lowest BCUT2D eigenvalue weighted by Crippen LogP contribution is -2.23. The van der Waals surface area contributed by atoms with Crippen molar-refractivity contribution in [2.45, 2.75) is 12.3 Å². The van der Waals surface area contributed by atoms with Crippen LogP contribution in [0.15, 0.2) is 63.8 Å². The summed E-state index contributed by atoms with van der Waals surface area (Å²) in [5, 5.41) is 10.9. The highest BCUT2D eigenvalue weighted by Gasteiger charge is 2.30. The zero-order valence-corrected chi connectivity index (χ0v) is 13.1. The summed E-state index contributed by atoms with van der Waals surface area (Å²) in [4.78, 5) is 24.6. The minimum atomic E-state index is -0.946. The molecule has 5 heteroatoms. The van der Waals surface area contributed by atoms with E-state index in [-0.39, 0.29) is 23.3 Å². The highest BCUT2D eigenvalue weighted by atomic mass is 16.5. The summed E-state index contributed by atoms with van der Waals surface area (Å²) in [5.41, 5.74) is 0.300. The van der Waals surface area contributed by atoms with Crippen molar-refractivity contribution in [3.8, 4) is 5.75 Å². The first-order valence-corrected chi connectivity index (χ1v) is 7.48. The third-order valence-electron chi connectivity index (χ3n) is 3.94. The van der Waals surface area contributed by atoms with Gasteiger partial charge in [-0.3, -0.25) is 4.79 Å². The zero-order valence-electron chi connectivity index (χ0n) is 13.1. The number of ether oxygens (including phenoxy) is 1. The van der Waals surface area contributed by atoms with Crippen LogP contribution in [-0.2, 0) is 16.0 Å². The molecular weight excluding hydrogens is 308 g/mol. The lowest BCUT2D eigenvalue weighted by atomic mass is 9.91. The van der Waals surface area contributed by atoms with Gasteiger partial charge in [-0.25, -0.2) is 4.79 Å². The Labute approximate surface area is 138 Å². The average molecular weight is 324 g/mol. The number of esters is 1. The molecule has 1 N–H and O–H groups in total. The van der Waals surface area contributed by atoms with E-state index in [0.717, 1.165) is 5.56 Å². The van der Waals surface area contributed by atoms with Crippen molar-refractivity contribution >= 4 is 16.9 Å². The third-order valence-corrected chi connectivity index (χ3v) is 3.94. The first kappa shape index (κ1) is 15.8. The Morgan fingerprint density at radius 3 is 2.50 bits per heavy atom. The van der Waals surface area contributed by atoms with Crippen LogP contribution in [0.25, 0.3) is 11.0 Å². The number of benzene rings is 2. The molecule has 3 aromatic rings. The van der Waals surface area contributed by atoms with E-state index < -0.39 is 17.5 Å². The lowest BCUT2D eigenvalue weighted by molar-refractivity contribution is -0.142. The topological polar surface area (TPSA) is 76.7 Å². The second-order valence-electron chi connectivity index (χ2n) is 5.41. The first-order chi connectivity index (χ1) is 11.6. The SMILES string of the molecule is COC(=O)C(Cc1ccccc1)c1c(O)c2ccccc2oc1=O. The molecule has 0 aliphatic heterocycles. The van der Waals surface area contributed by atoms with Gasteiger partial charge in [-0.05, 0) is 24.1 Å². The van der Waals surface area contributed by atoms with E-state index in [1.54, 1.807) is 24.3 Å². The number of hydrogen-bond acceptors (Lipinski definition) is 5. The van der Waals surface area contributed by atoms with Crippen molar-refractivity contribution < 1.29 is 19.1 Å². The summed E-state index contributed by atoms with van der Waals surface area (Å²) in [6, 6.07) is 15.9. The highest BCUT2D eigenvalue weighted by Crippen LogP contribution is 2.33. The van der Waals surface area contributed by atoms with E-state index in [9.17, 15) is 14.7 Å².